The quantitative estimate of drug-likeness (QED) is 0.774. The van der Waals surface area contributed by atoms with Crippen molar-refractivity contribution in [3.63, 3.8) is 0 Å². The molecule has 2 aromatic rings. The third kappa shape index (κ3) is 3.20. The van der Waals surface area contributed by atoms with Gasteiger partial charge in [-0.2, -0.15) is 0 Å². The molecule has 2 aliphatic heterocycles. The zero-order valence-electron chi connectivity index (χ0n) is 11.3. The molecule has 0 fully saturated rings. The zero-order valence-corrected chi connectivity index (χ0v) is 12.1. The first-order chi connectivity index (χ1) is 9.93. The third-order valence-electron chi connectivity index (χ3n) is 3.12. The number of anilines is 2. The maximum absolute atomic E-state index is 5.36. The highest BCUT2D eigenvalue weighted by atomic mass is 32.2. The summed E-state index contributed by atoms with van der Waals surface area (Å²) in [4.78, 5) is 1.38. The zero-order chi connectivity index (χ0) is 13.6. The van der Waals surface area contributed by atoms with E-state index in [-0.39, 0.29) is 0 Å². The molecule has 2 aromatic carbocycles. The van der Waals surface area contributed by atoms with Gasteiger partial charge in [0.15, 0.2) is 0 Å². The second-order valence-corrected chi connectivity index (χ2v) is 5.68. The highest BCUT2D eigenvalue weighted by molar-refractivity contribution is 7.99. The first-order valence-corrected chi connectivity index (χ1v) is 7.83. The smallest absolute Gasteiger partial charge is 0.142 e. The minimum atomic E-state index is 0.775. The van der Waals surface area contributed by atoms with E-state index in [2.05, 4.69) is 34.9 Å². The van der Waals surface area contributed by atoms with Crippen molar-refractivity contribution in [2.45, 2.75) is 4.90 Å². The second kappa shape index (κ2) is 6.57. The molecule has 0 spiro atoms. The summed E-state index contributed by atoms with van der Waals surface area (Å²) in [6.45, 7) is 2.79. The van der Waals surface area contributed by atoms with Crippen molar-refractivity contribution in [2.24, 2.45) is 0 Å². The first-order valence-electron chi connectivity index (χ1n) is 6.85. The van der Waals surface area contributed by atoms with Crippen molar-refractivity contribution in [3.8, 4) is 5.75 Å². The number of nitrogens with one attached hydrogen (secondary N) is 2. The fraction of sp³-hybridized carbons (Fsp3) is 0.250. The van der Waals surface area contributed by atoms with Crippen molar-refractivity contribution < 1.29 is 4.74 Å². The minimum absolute atomic E-state index is 0.775. The van der Waals surface area contributed by atoms with Gasteiger partial charge in [-0.25, -0.2) is 0 Å². The summed E-state index contributed by atoms with van der Waals surface area (Å²) in [6.07, 6.45) is 0. The van der Waals surface area contributed by atoms with Gasteiger partial charge in [-0.05, 0) is 24.3 Å². The van der Waals surface area contributed by atoms with Gasteiger partial charge in [0.25, 0.3) is 0 Å². The van der Waals surface area contributed by atoms with Crippen LogP contribution in [0, 0.1) is 0 Å². The van der Waals surface area contributed by atoms with Gasteiger partial charge < -0.3 is 15.4 Å². The van der Waals surface area contributed by atoms with Crippen LogP contribution in [0.1, 0.15) is 0 Å². The van der Waals surface area contributed by atoms with E-state index in [1.54, 1.807) is 0 Å². The fourth-order valence-corrected chi connectivity index (χ4v) is 3.07. The van der Waals surface area contributed by atoms with Crippen molar-refractivity contribution in [3.05, 3.63) is 48.5 Å². The van der Waals surface area contributed by atoms with E-state index in [1.807, 2.05) is 36.0 Å². The summed E-state index contributed by atoms with van der Waals surface area (Å²) in [7, 11) is 0. The second-order valence-electron chi connectivity index (χ2n) is 4.54. The van der Waals surface area contributed by atoms with Gasteiger partial charge in [0.2, 0.25) is 0 Å². The number of hydrogen-bond acceptors (Lipinski definition) is 4. The molecular formula is C16H18N2OS. The molecule has 0 bridgehead atoms. The van der Waals surface area contributed by atoms with Crippen LogP contribution < -0.4 is 15.4 Å². The van der Waals surface area contributed by atoms with Crippen LogP contribution in [-0.4, -0.2) is 25.4 Å². The molecule has 4 heteroatoms. The topological polar surface area (TPSA) is 33.3 Å². The number of benzene rings is 2. The molecule has 4 rings (SSSR count). The maximum atomic E-state index is 5.36. The van der Waals surface area contributed by atoms with Crippen molar-refractivity contribution in [1.29, 1.82) is 0 Å². The highest BCUT2D eigenvalue weighted by Gasteiger charge is 2.06. The number of rotatable bonds is 0. The molecule has 0 unspecified atom stereocenters. The number of fused-ring (bicyclic) bond motifs is 2. The molecule has 0 radical (unpaired) electrons. The summed E-state index contributed by atoms with van der Waals surface area (Å²) in [5, 5.41) is 6.58. The van der Waals surface area contributed by atoms with Gasteiger partial charge in [-0.15, -0.1) is 11.8 Å². The highest BCUT2D eigenvalue weighted by Crippen LogP contribution is 2.29. The first kappa shape index (κ1) is 13.2. The van der Waals surface area contributed by atoms with E-state index in [1.165, 1.54) is 16.3 Å². The van der Waals surface area contributed by atoms with E-state index < -0.39 is 0 Å². The Kier molecular flexibility index (Phi) is 4.33. The predicted molar refractivity (Wildman–Crippen MR) is 86.1 cm³/mol. The molecular weight excluding hydrogens is 268 g/mol. The molecule has 104 valence electrons. The maximum Gasteiger partial charge on any atom is 0.142 e. The standard InChI is InChI=1S/C8H9NO.C8H9NS/c2*1-2-4-8-7(3-1)9-5-6-10-8/h2*1-4,9H,5-6H2. The lowest BCUT2D eigenvalue weighted by atomic mass is 10.3. The van der Waals surface area contributed by atoms with Crippen LogP contribution in [0.25, 0.3) is 0 Å². The molecule has 0 amide bonds. The van der Waals surface area contributed by atoms with Crippen LogP contribution in [0.15, 0.2) is 53.4 Å². The Bertz CT molecular complexity index is 472. The van der Waals surface area contributed by atoms with E-state index in [4.69, 9.17) is 4.74 Å². The Morgan fingerprint density at radius 1 is 0.850 bits per heavy atom. The summed E-state index contributed by atoms with van der Waals surface area (Å²) in [5.41, 5.74) is 2.40. The van der Waals surface area contributed by atoms with Crippen molar-refractivity contribution >= 4 is 23.1 Å². The average molecular weight is 286 g/mol. The molecule has 2 aliphatic rings. The molecule has 20 heavy (non-hydrogen) atoms. The monoisotopic (exact) mass is 286 g/mol. The molecule has 0 aromatic heterocycles. The summed E-state index contributed by atoms with van der Waals surface area (Å²) in [5.74, 6) is 2.16. The molecule has 0 saturated carbocycles. The van der Waals surface area contributed by atoms with E-state index in [9.17, 15) is 0 Å². The van der Waals surface area contributed by atoms with Crippen LogP contribution in [0.2, 0.25) is 0 Å². The van der Waals surface area contributed by atoms with Crippen LogP contribution in [0.5, 0.6) is 5.75 Å². The molecule has 0 aliphatic carbocycles. The Labute approximate surface area is 123 Å². The van der Waals surface area contributed by atoms with Gasteiger partial charge in [-0.1, -0.05) is 24.3 Å². The van der Waals surface area contributed by atoms with Gasteiger partial charge >= 0.3 is 0 Å². The number of hydrogen-bond donors (Lipinski definition) is 2. The van der Waals surface area contributed by atoms with E-state index in [0.29, 0.717) is 0 Å². The summed E-state index contributed by atoms with van der Waals surface area (Å²) >= 11 is 1.93. The summed E-state index contributed by atoms with van der Waals surface area (Å²) in [6, 6.07) is 16.4. The largest absolute Gasteiger partial charge is 0.490 e. The van der Waals surface area contributed by atoms with Crippen LogP contribution in [0.4, 0.5) is 11.4 Å². The number of ether oxygens (including phenoxy) is 1. The van der Waals surface area contributed by atoms with Crippen LogP contribution in [-0.2, 0) is 0 Å². The lowest BCUT2D eigenvalue weighted by molar-refractivity contribution is 0.323. The van der Waals surface area contributed by atoms with E-state index in [0.717, 1.165) is 31.1 Å². The van der Waals surface area contributed by atoms with Gasteiger partial charge in [0, 0.05) is 29.4 Å². The van der Waals surface area contributed by atoms with E-state index >= 15 is 0 Å². The lowest BCUT2D eigenvalue weighted by Gasteiger charge is -2.17. The molecule has 0 atom stereocenters. The Morgan fingerprint density at radius 3 is 2.45 bits per heavy atom. The van der Waals surface area contributed by atoms with Gasteiger partial charge in [-0.3, -0.25) is 0 Å². The number of para-hydroxylation sites is 3. The number of thioether (sulfide) groups is 1. The minimum Gasteiger partial charge on any atom is -0.490 e. The predicted octanol–water partition coefficient (Wildman–Crippen LogP) is 3.70. The average Bonchev–Trinajstić information content (AvgIpc) is 2.56. The molecule has 2 heterocycles. The molecule has 0 saturated heterocycles. The lowest BCUT2D eigenvalue weighted by Crippen LogP contribution is -2.17. The normalized spacial score (nSPS) is 15.2. The van der Waals surface area contributed by atoms with Crippen molar-refractivity contribution in [1.82, 2.24) is 0 Å². The Balaban J connectivity index is 0.000000121. The molecule has 3 nitrogen and oxygen atoms in total. The Hall–Kier alpha value is -1.81. The van der Waals surface area contributed by atoms with Crippen LogP contribution in [0.3, 0.4) is 0 Å². The SMILES string of the molecule is c1ccc2c(c1)NCCO2.c1ccc2c(c1)NCCS2. The third-order valence-corrected chi connectivity index (χ3v) is 4.20. The van der Waals surface area contributed by atoms with Gasteiger partial charge in [0.1, 0.15) is 12.4 Å². The van der Waals surface area contributed by atoms with Crippen LogP contribution >= 0.6 is 11.8 Å². The summed E-state index contributed by atoms with van der Waals surface area (Å²) < 4.78 is 5.36. The van der Waals surface area contributed by atoms with Crippen molar-refractivity contribution in [2.75, 3.05) is 36.1 Å². The fourth-order valence-electron chi connectivity index (χ4n) is 2.17. The Morgan fingerprint density at radius 2 is 1.60 bits per heavy atom. The molecule has 2 N–H and O–H groups in total. The van der Waals surface area contributed by atoms with Gasteiger partial charge in [0.05, 0.1) is 5.69 Å².